The third-order valence-electron chi connectivity index (χ3n) is 5.86. The highest BCUT2D eigenvalue weighted by molar-refractivity contribution is 6.09. The summed E-state index contributed by atoms with van der Waals surface area (Å²) in [7, 11) is 0. The SMILES string of the molecule is C[C@@]1(c2ccc3ccccc3c2)NC(=O)N(CC(=O)N[C@H](Cc2ccccc2)C(N)=O)C1=O. The van der Waals surface area contributed by atoms with Gasteiger partial charge in [-0.2, -0.15) is 0 Å². The van der Waals surface area contributed by atoms with Crippen molar-refractivity contribution in [1.29, 1.82) is 0 Å². The number of primary amides is 1. The number of nitrogens with one attached hydrogen (secondary N) is 2. The van der Waals surface area contributed by atoms with Crippen LogP contribution >= 0.6 is 0 Å². The van der Waals surface area contributed by atoms with Gasteiger partial charge in [0, 0.05) is 6.42 Å². The highest BCUT2D eigenvalue weighted by atomic mass is 16.2. The first-order valence-corrected chi connectivity index (χ1v) is 10.5. The van der Waals surface area contributed by atoms with Crippen molar-refractivity contribution in [3.63, 3.8) is 0 Å². The molecule has 1 aliphatic rings. The lowest BCUT2D eigenvalue weighted by Gasteiger charge is -2.23. The highest BCUT2D eigenvalue weighted by Crippen LogP contribution is 2.30. The Kier molecular flexibility index (Phi) is 5.83. The summed E-state index contributed by atoms with van der Waals surface area (Å²) in [5.41, 5.74) is 5.57. The first-order valence-electron chi connectivity index (χ1n) is 10.5. The number of carbonyl (C=O) groups excluding carboxylic acids is 4. The number of nitrogens with two attached hydrogens (primary N) is 1. The second-order valence-electron chi connectivity index (χ2n) is 8.22. The Morgan fingerprint density at radius 1 is 1.00 bits per heavy atom. The van der Waals surface area contributed by atoms with Gasteiger partial charge in [0.15, 0.2) is 0 Å². The maximum absolute atomic E-state index is 13.2. The van der Waals surface area contributed by atoms with Gasteiger partial charge in [-0.15, -0.1) is 0 Å². The molecule has 0 aliphatic carbocycles. The zero-order chi connectivity index (χ0) is 23.6. The van der Waals surface area contributed by atoms with E-state index < -0.39 is 41.9 Å². The molecule has 5 amide bonds. The average molecular weight is 444 g/mol. The summed E-state index contributed by atoms with van der Waals surface area (Å²) in [6, 6.07) is 20.7. The third kappa shape index (κ3) is 4.41. The van der Waals surface area contributed by atoms with Crippen molar-refractivity contribution in [3.05, 3.63) is 83.9 Å². The number of nitrogens with zero attached hydrogens (tertiary/aromatic N) is 1. The standard InChI is InChI=1S/C25H24N4O4/c1-25(19-12-11-17-9-5-6-10-18(17)14-19)23(32)29(24(33)28-25)15-21(30)27-20(22(26)31)13-16-7-3-2-4-8-16/h2-12,14,20H,13,15H2,1H3,(H2,26,31)(H,27,30)(H,28,33)/t20-,25+/m1/s1. The highest BCUT2D eigenvalue weighted by Gasteiger charge is 2.49. The summed E-state index contributed by atoms with van der Waals surface area (Å²) in [6.07, 6.45) is 0.205. The van der Waals surface area contributed by atoms with Crippen LogP contribution in [0.25, 0.3) is 10.8 Å². The minimum Gasteiger partial charge on any atom is -0.368 e. The van der Waals surface area contributed by atoms with Crippen LogP contribution < -0.4 is 16.4 Å². The number of rotatable bonds is 7. The van der Waals surface area contributed by atoms with Crippen LogP contribution in [0.2, 0.25) is 0 Å². The van der Waals surface area contributed by atoms with Gasteiger partial charge in [-0.1, -0.05) is 66.7 Å². The molecule has 2 atom stereocenters. The predicted octanol–water partition coefficient (Wildman–Crippen LogP) is 1.82. The molecule has 3 aromatic carbocycles. The lowest BCUT2D eigenvalue weighted by Crippen LogP contribution is -2.50. The molecule has 4 rings (SSSR count). The van der Waals surface area contributed by atoms with Crippen molar-refractivity contribution in [2.45, 2.75) is 24.9 Å². The van der Waals surface area contributed by atoms with E-state index in [1.54, 1.807) is 13.0 Å². The monoisotopic (exact) mass is 444 g/mol. The smallest absolute Gasteiger partial charge is 0.325 e. The van der Waals surface area contributed by atoms with E-state index in [-0.39, 0.29) is 6.42 Å². The van der Waals surface area contributed by atoms with Crippen molar-refractivity contribution >= 4 is 34.5 Å². The molecule has 0 spiro atoms. The first kappa shape index (κ1) is 22.0. The molecule has 0 bridgehead atoms. The Bertz CT molecular complexity index is 1240. The molecule has 0 aromatic heterocycles. The van der Waals surface area contributed by atoms with Crippen LogP contribution in [-0.2, 0) is 26.3 Å². The van der Waals surface area contributed by atoms with Crippen LogP contribution in [0.4, 0.5) is 4.79 Å². The maximum Gasteiger partial charge on any atom is 0.325 e. The van der Waals surface area contributed by atoms with Gasteiger partial charge in [0.05, 0.1) is 0 Å². The van der Waals surface area contributed by atoms with Gasteiger partial charge in [0.25, 0.3) is 5.91 Å². The number of hydrogen-bond donors (Lipinski definition) is 3. The summed E-state index contributed by atoms with van der Waals surface area (Å²) in [4.78, 5) is 51.1. The second kappa shape index (κ2) is 8.74. The Balaban J connectivity index is 1.48. The van der Waals surface area contributed by atoms with Crippen LogP contribution in [0, 0.1) is 0 Å². The topological polar surface area (TPSA) is 122 Å². The molecule has 33 heavy (non-hydrogen) atoms. The molecule has 8 nitrogen and oxygen atoms in total. The van der Waals surface area contributed by atoms with Crippen molar-refractivity contribution in [1.82, 2.24) is 15.5 Å². The van der Waals surface area contributed by atoms with Crippen LogP contribution in [-0.4, -0.2) is 41.2 Å². The van der Waals surface area contributed by atoms with Gasteiger partial charge in [-0.25, -0.2) is 4.79 Å². The number of imide groups is 1. The van der Waals surface area contributed by atoms with Gasteiger partial charge in [0.1, 0.15) is 18.1 Å². The molecular weight excluding hydrogens is 420 g/mol. The minimum atomic E-state index is -1.31. The average Bonchev–Trinajstić information content (AvgIpc) is 3.02. The Hall–Kier alpha value is -4.20. The summed E-state index contributed by atoms with van der Waals surface area (Å²) in [5.74, 6) is -1.90. The molecule has 1 heterocycles. The fourth-order valence-corrected chi connectivity index (χ4v) is 3.99. The van der Waals surface area contributed by atoms with Gasteiger partial charge >= 0.3 is 6.03 Å². The van der Waals surface area contributed by atoms with Crippen LogP contribution in [0.3, 0.4) is 0 Å². The fraction of sp³-hybridized carbons (Fsp3) is 0.200. The fourth-order valence-electron chi connectivity index (χ4n) is 3.99. The molecule has 1 saturated heterocycles. The third-order valence-corrected chi connectivity index (χ3v) is 5.86. The van der Waals surface area contributed by atoms with E-state index in [1.807, 2.05) is 66.7 Å². The minimum absolute atomic E-state index is 0.205. The Labute approximate surface area is 190 Å². The van der Waals surface area contributed by atoms with Crippen LogP contribution in [0.5, 0.6) is 0 Å². The van der Waals surface area contributed by atoms with E-state index >= 15 is 0 Å². The van der Waals surface area contributed by atoms with E-state index in [9.17, 15) is 19.2 Å². The summed E-state index contributed by atoms with van der Waals surface area (Å²) in [6.45, 7) is 1.09. The van der Waals surface area contributed by atoms with Crippen molar-refractivity contribution < 1.29 is 19.2 Å². The summed E-state index contributed by atoms with van der Waals surface area (Å²) in [5, 5.41) is 7.17. The quantitative estimate of drug-likeness (QED) is 0.481. The number of benzene rings is 3. The lowest BCUT2D eigenvalue weighted by atomic mass is 9.90. The molecule has 3 aromatic rings. The molecular formula is C25H24N4O4. The first-order chi connectivity index (χ1) is 15.8. The Morgan fingerprint density at radius 2 is 1.67 bits per heavy atom. The molecule has 0 radical (unpaired) electrons. The van der Waals surface area contributed by atoms with E-state index in [0.717, 1.165) is 21.2 Å². The number of hydrogen-bond acceptors (Lipinski definition) is 4. The van der Waals surface area contributed by atoms with Gasteiger partial charge in [-0.05, 0) is 34.9 Å². The number of fused-ring (bicyclic) bond motifs is 1. The van der Waals surface area contributed by atoms with Gasteiger partial charge in [0.2, 0.25) is 11.8 Å². The van der Waals surface area contributed by atoms with E-state index in [4.69, 9.17) is 5.73 Å². The van der Waals surface area contributed by atoms with E-state index in [1.165, 1.54) is 0 Å². The van der Waals surface area contributed by atoms with Crippen LogP contribution in [0.1, 0.15) is 18.1 Å². The lowest BCUT2D eigenvalue weighted by molar-refractivity contribution is -0.135. The summed E-state index contributed by atoms with van der Waals surface area (Å²) < 4.78 is 0. The van der Waals surface area contributed by atoms with E-state index in [0.29, 0.717) is 5.56 Å². The van der Waals surface area contributed by atoms with E-state index in [2.05, 4.69) is 10.6 Å². The molecule has 0 unspecified atom stereocenters. The normalized spacial score (nSPS) is 18.8. The zero-order valence-electron chi connectivity index (χ0n) is 18.1. The molecule has 0 saturated carbocycles. The molecule has 8 heteroatoms. The molecule has 1 fully saturated rings. The number of amides is 5. The maximum atomic E-state index is 13.2. The number of carbonyl (C=O) groups is 4. The number of urea groups is 1. The van der Waals surface area contributed by atoms with Crippen molar-refractivity contribution in [2.75, 3.05) is 6.54 Å². The Morgan fingerprint density at radius 3 is 2.36 bits per heavy atom. The summed E-state index contributed by atoms with van der Waals surface area (Å²) >= 11 is 0. The molecule has 4 N–H and O–H groups in total. The molecule has 168 valence electrons. The largest absolute Gasteiger partial charge is 0.368 e. The molecule has 1 aliphatic heterocycles. The van der Waals surface area contributed by atoms with Crippen LogP contribution in [0.15, 0.2) is 72.8 Å². The van der Waals surface area contributed by atoms with Gasteiger partial charge < -0.3 is 16.4 Å². The van der Waals surface area contributed by atoms with Gasteiger partial charge in [-0.3, -0.25) is 19.3 Å². The zero-order valence-corrected chi connectivity index (χ0v) is 18.1. The van der Waals surface area contributed by atoms with Crippen molar-refractivity contribution in [3.8, 4) is 0 Å². The second-order valence-corrected chi connectivity index (χ2v) is 8.22. The van der Waals surface area contributed by atoms with Crippen molar-refractivity contribution in [2.24, 2.45) is 5.73 Å². The predicted molar refractivity (Wildman–Crippen MR) is 123 cm³/mol.